The number of nitrogens with two attached hydrogens (primary N) is 2. The van der Waals surface area contributed by atoms with Gasteiger partial charge in [0, 0.05) is 13.3 Å². The van der Waals surface area contributed by atoms with E-state index in [4.69, 9.17) is 20.9 Å². The van der Waals surface area contributed by atoms with E-state index in [-0.39, 0.29) is 5.82 Å². The molecule has 9 nitrogen and oxygen atoms in total. The summed E-state index contributed by atoms with van der Waals surface area (Å²) in [6, 6.07) is 1.45. The highest BCUT2D eigenvalue weighted by Crippen LogP contribution is 2.33. The molecule has 2 rings (SSSR count). The van der Waals surface area contributed by atoms with Gasteiger partial charge < -0.3 is 31.2 Å². The molecule has 5 atom stereocenters. The van der Waals surface area contributed by atoms with Gasteiger partial charge in [0.15, 0.2) is 6.23 Å². The van der Waals surface area contributed by atoms with Crippen LogP contribution in [0.1, 0.15) is 19.1 Å². The molecule has 0 spiro atoms. The molecule has 0 radical (unpaired) electrons. The molecule has 1 aromatic rings. The van der Waals surface area contributed by atoms with E-state index in [1.165, 1.54) is 23.9 Å². The molecule has 1 aliphatic heterocycles. The Hall–Kier alpha value is -1.52. The fourth-order valence-corrected chi connectivity index (χ4v) is 2.58. The fourth-order valence-electron chi connectivity index (χ4n) is 2.58. The van der Waals surface area contributed by atoms with Crippen LogP contribution in [0, 0.1) is 0 Å². The molecule has 2 heterocycles. The Morgan fingerprint density at radius 3 is 2.91 bits per heavy atom. The Bertz CT molecular complexity index is 551. The van der Waals surface area contributed by atoms with E-state index in [1.54, 1.807) is 0 Å². The van der Waals surface area contributed by atoms with Crippen LogP contribution in [-0.4, -0.2) is 57.8 Å². The van der Waals surface area contributed by atoms with Gasteiger partial charge in [0.2, 0.25) is 0 Å². The Balaban J connectivity index is 2.23. The fraction of sp³-hybridized carbons (Fsp3) is 0.692. The van der Waals surface area contributed by atoms with Gasteiger partial charge in [-0.3, -0.25) is 4.57 Å². The van der Waals surface area contributed by atoms with Gasteiger partial charge in [-0.2, -0.15) is 4.98 Å². The van der Waals surface area contributed by atoms with Crippen LogP contribution in [0.25, 0.3) is 0 Å². The van der Waals surface area contributed by atoms with Crippen molar-refractivity contribution in [2.45, 2.75) is 43.5 Å². The van der Waals surface area contributed by atoms with Gasteiger partial charge in [-0.1, -0.05) is 0 Å². The van der Waals surface area contributed by atoms with Gasteiger partial charge in [0.25, 0.3) is 0 Å². The Kier molecular flexibility index (Phi) is 5.48. The number of hydrogen-bond acceptors (Lipinski definition) is 8. The van der Waals surface area contributed by atoms with Crippen LogP contribution in [0.3, 0.4) is 0 Å². The normalized spacial score (nSPS) is 29.6. The van der Waals surface area contributed by atoms with Crippen LogP contribution in [-0.2, 0) is 9.47 Å². The molecule has 0 amide bonds. The third kappa shape index (κ3) is 3.28. The van der Waals surface area contributed by atoms with Crippen molar-refractivity contribution < 1.29 is 19.7 Å². The van der Waals surface area contributed by atoms with Gasteiger partial charge in [0.1, 0.15) is 24.1 Å². The third-order valence-electron chi connectivity index (χ3n) is 3.73. The highest BCUT2D eigenvalue weighted by molar-refractivity contribution is 5.23. The molecular weight excluding hydrogens is 292 g/mol. The van der Waals surface area contributed by atoms with E-state index in [9.17, 15) is 15.0 Å². The minimum Gasteiger partial charge on any atom is -0.390 e. The summed E-state index contributed by atoms with van der Waals surface area (Å²) in [6.45, 7) is 0.429. The molecule has 1 aliphatic rings. The maximum absolute atomic E-state index is 11.9. The van der Waals surface area contributed by atoms with Crippen molar-refractivity contribution in [2.75, 3.05) is 19.4 Å². The molecule has 6 N–H and O–H groups in total. The number of ether oxygens (including phenoxy) is 2. The predicted molar refractivity (Wildman–Crippen MR) is 77.9 cm³/mol. The molecular formula is C13H22N4O5. The predicted octanol–water partition coefficient (Wildman–Crippen LogP) is -1.80. The lowest BCUT2D eigenvalue weighted by Gasteiger charge is -2.21. The molecule has 0 saturated carbocycles. The summed E-state index contributed by atoms with van der Waals surface area (Å²) in [7, 11) is 1.40. The number of aliphatic hydroxyl groups is 2. The lowest BCUT2D eigenvalue weighted by atomic mass is 10.0. The van der Waals surface area contributed by atoms with Crippen molar-refractivity contribution in [1.29, 1.82) is 0 Å². The third-order valence-corrected chi connectivity index (χ3v) is 3.73. The first-order valence-electron chi connectivity index (χ1n) is 7.08. The maximum atomic E-state index is 11.9. The number of aliphatic hydroxyl groups excluding tert-OH is 2. The van der Waals surface area contributed by atoms with Crippen LogP contribution in [0.5, 0.6) is 0 Å². The van der Waals surface area contributed by atoms with Crippen LogP contribution in [0.15, 0.2) is 17.1 Å². The molecule has 22 heavy (non-hydrogen) atoms. The molecule has 124 valence electrons. The summed E-state index contributed by atoms with van der Waals surface area (Å²) in [4.78, 5) is 15.5. The first-order valence-corrected chi connectivity index (χ1v) is 7.08. The van der Waals surface area contributed by atoms with Gasteiger partial charge in [-0.25, -0.2) is 4.79 Å². The second-order valence-corrected chi connectivity index (χ2v) is 5.22. The van der Waals surface area contributed by atoms with E-state index in [2.05, 4.69) is 4.98 Å². The zero-order chi connectivity index (χ0) is 16.3. The number of hydrogen-bond donors (Lipinski definition) is 4. The first-order chi connectivity index (χ1) is 10.5. The van der Waals surface area contributed by atoms with E-state index in [0.717, 1.165) is 0 Å². The number of methoxy groups -OCH3 is 1. The summed E-state index contributed by atoms with van der Waals surface area (Å²) in [5, 5.41) is 20.4. The Morgan fingerprint density at radius 1 is 1.59 bits per heavy atom. The summed E-state index contributed by atoms with van der Waals surface area (Å²) in [5.74, 6) is 0.0910. The smallest absolute Gasteiger partial charge is 0.351 e. The molecule has 0 bridgehead atoms. The summed E-state index contributed by atoms with van der Waals surface area (Å²) in [6.07, 6.45) is -2.14. The van der Waals surface area contributed by atoms with E-state index in [1.807, 2.05) is 0 Å². The van der Waals surface area contributed by atoms with Crippen LogP contribution in [0.4, 0.5) is 5.82 Å². The minimum absolute atomic E-state index is 0.0910. The first kappa shape index (κ1) is 16.8. The molecule has 0 aliphatic carbocycles. The van der Waals surface area contributed by atoms with Crippen molar-refractivity contribution in [1.82, 2.24) is 9.55 Å². The maximum Gasteiger partial charge on any atom is 0.351 e. The SMILES string of the molecule is COC1C(O)[C@@H](C(O)CCCN)O[C@H]1n1ccc(N)nc1=O. The summed E-state index contributed by atoms with van der Waals surface area (Å²) in [5.41, 5.74) is 10.3. The van der Waals surface area contributed by atoms with E-state index >= 15 is 0 Å². The summed E-state index contributed by atoms with van der Waals surface area (Å²) >= 11 is 0. The zero-order valence-electron chi connectivity index (χ0n) is 12.3. The van der Waals surface area contributed by atoms with Crippen LogP contribution < -0.4 is 17.2 Å². The molecule has 3 unspecified atom stereocenters. The van der Waals surface area contributed by atoms with Crippen LogP contribution >= 0.6 is 0 Å². The van der Waals surface area contributed by atoms with E-state index < -0.39 is 36.3 Å². The zero-order valence-corrected chi connectivity index (χ0v) is 12.3. The number of rotatable bonds is 6. The molecule has 9 heteroatoms. The van der Waals surface area contributed by atoms with Gasteiger partial charge in [-0.05, 0) is 25.5 Å². The van der Waals surface area contributed by atoms with Crippen molar-refractivity contribution in [3.63, 3.8) is 0 Å². The Labute approximate surface area is 127 Å². The van der Waals surface area contributed by atoms with Crippen molar-refractivity contribution in [3.05, 3.63) is 22.7 Å². The molecule has 1 saturated heterocycles. The molecule has 0 aromatic carbocycles. The molecule has 1 aromatic heterocycles. The highest BCUT2D eigenvalue weighted by atomic mass is 16.6. The van der Waals surface area contributed by atoms with Gasteiger partial charge >= 0.3 is 5.69 Å². The second-order valence-electron chi connectivity index (χ2n) is 5.22. The number of anilines is 1. The monoisotopic (exact) mass is 314 g/mol. The van der Waals surface area contributed by atoms with Crippen molar-refractivity contribution >= 4 is 5.82 Å². The van der Waals surface area contributed by atoms with Crippen molar-refractivity contribution in [2.24, 2.45) is 5.73 Å². The number of nitrogens with zero attached hydrogens (tertiary/aromatic N) is 2. The minimum atomic E-state index is -1.08. The second kappa shape index (κ2) is 7.16. The number of aromatic nitrogens is 2. The lowest BCUT2D eigenvalue weighted by Crippen LogP contribution is -2.40. The summed E-state index contributed by atoms with van der Waals surface area (Å²) < 4.78 is 12.1. The van der Waals surface area contributed by atoms with Crippen molar-refractivity contribution in [3.8, 4) is 0 Å². The lowest BCUT2D eigenvalue weighted by molar-refractivity contribution is -0.0894. The Morgan fingerprint density at radius 2 is 2.32 bits per heavy atom. The largest absolute Gasteiger partial charge is 0.390 e. The molecule has 1 fully saturated rings. The van der Waals surface area contributed by atoms with Gasteiger partial charge in [-0.15, -0.1) is 0 Å². The average Bonchev–Trinajstić information content (AvgIpc) is 2.81. The quantitative estimate of drug-likeness (QED) is 0.481. The standard InChI is InChI=1S/C13H22N4O5/c1-21-11-9(19)10(7(18)3-2-5-14)22-12(11)17-6-4-8(15)16-13(17)20/h4,6-7,9-12,18-19H,2-3,5,14H2,1H3,(H2,15,16,20)/t7?,9?,10-,11?,12-/m1/s1. The average molecular weight is 314 g/mol. The van der Waals surface area contributed by atoms with Crippen LogP contribution in [0.2, 0.25) is 0 Å². The van der Waals surface area contributed by atoms with E-state index in [0.29, 0.717) is 19.4 Å². The highest BCUT2D eigenvalue weighted by Gasteiger charge is 2.48. The topological polar surface area (TPSA) is 146 Å². The van der Waals surface area contributed by atoms with Gasteiger partial charge in [0.05, 0.1) is 6.10 Å². The number of nitrogen functional groups attached to an aromatic ring is 1.